The van der Waals surface area contributed by atoms with E-state index in [0.29, 0.717) is 34.6 Å². The van der Waals surface area contributed by atoms with Gasteiger partial charge in [0.05, 0.1) is 17.8 Å². The Morgan fingerprint density at radius 2 is 1.81 bits per heavy atom. The van der Waals surface area contributed by atoms with E-state index in [0.717, 1.165) is 33.1 Å². The lowest BCUT2D eigenvalue weighted by molar-refractivity contribution is -0.116. The molecule has 7 nitrogen and oxygen atoms in total. The molecular weight excluding hydrogens is 471 g/mol. The van der Waals surface area contributed by atoms with E-state index in [2.05, 4.69) is 9.72 Å². The van der Waals surface area contributed by atoms with Crippen molar-refractivity contribution in [2.45, 2.75) is 27.3 Å². The van der Waals surface area contributed by atoms with Crippen molar-refractivity contribution in [2.75, 3.05) is 18.1 Å². The van der Waals surface area contributed by atoms with Crippen molar-refractivity contribution in [3.05, 3.63) is 83.2 Å². The average molecular weight is 499 g/mol. The maximum atomic E-state index is 13.2. The highest BCUT2D eigenvalue weighted by atomic mass is 19.1. The zero-order chi connectivity index (χ0) is 26.3. The van der Waals surface area contributed by atoms with E-state index in [9.17, 15) is 14.0 Å². The highest BCUT2D eigenvalue weighted by molar-refractivity contribution is 6.19. The molecule has 2 N–H and O–H groups in total. The van der Waals surface area contributed by atoms with E-state index < -0.39 is 12.6 Å². The van der Waals surface area contributed by atoms with Gasteiger partial charge in [0, 0.05) is 46.6 Å². The summed E-state index contributed by atoms with van der Waals surface area (Å²) in [5.41, 5.74) is 11.9. The zero-order valence-electron chi connectivity index (χ0n) is 20.9. The molecule has 0 unspecified atom stereocenters. The van der Waals surface area contributed by atoms with Crippen LogP contribution in [-0.4, -0.2) is 34.8 Å². The predicted molar refractivity (Wildman–Crippen MR) is 142 cm³/mol. The lowest BCUT2D eigenvalue weighted by atomic mass is 9.97. The predicted octanol–water partition coefficient (Wildman–Crippen LogP) is 5.54. The summed E-state index contributed by atoms with van der Waals surface area (Å²) in [6, 6.07) is 19.3. The van der Waals surface area contributed by atoms with Crippen LogP contribution in [0.15, 0.2) is 65.2 Å². The van der Waals surface area contributed by atoms with E-state index in [1.165, 1.54) is 11.8 Å². The number of aryl methyl sites for hydroxylation is 2. The Kier molecular flexibility index (Phi) is 6.25. The summed E-state index contributed by atoms with van der Waals surface area (Å²) in [5.74, 6) is -0.195. The van der Waals surface area contributed by atoms with Crippen molar-refractivity contribution in [3.63, 3.8) is 0 Å². The number of nitrogens with two attached hydrogens (primary N) is 1. The fourth-order valence-corrected chi connectivity index (χ4v) is 5.10. The molecule has 2 heterocycles. The third-order valence-corrected chi connectivity index (χ3v) is 6.72. The third kappa shape index (κ3) is 4.24. The van der Waals surface area contributed by atoms with Crippen LogP contribution in [0.5, 0.6) is 0 Å². The number of amides is 2. The number of rotatable bonds is 7. The number of nitrogens with zero attached hydrogens (tertiary/aromatic N) is 3. The molecule has 0 aliphatic heterocycles. The summed E-state index contributed by atoms with van der Waals surface area (Å²) >= 11 is 0. The highest BCUT2D eigenvalue weighted by Crippen LogP contribution is 2.39. The molecule has 0 aliphatic rings. The Morgan fingerprint density at radius 3 is 2.43 bits per heavy atom. The molecular formula is C29H27FN4O3. The number of fused-ring (bicyclic) bond motifs is 3. The molecule has 0 fully saturated rings. The molecule has 0 aliphatic carbocycles. The largest absolute Gasteiger partial charge is 0.366 e. The minimum Gasteiger partial charge on any atom is -0.366 e. The molecule has 0 saturated carbocycles. The van der Waals surface area contributed by atoms with Gasteiger partial charge in [0.1, 0.15) is 12.4 Å². The van der Waals surface area contributed by atoms with Gasteiger partial charge in [-0.25, -0.2) is 4.39 Å². The number of carbonyl (C=O) groups is 2. The number of carbonyl (C=O) groups excluding carboxylic acids is 2. The monoisotopic (exact) mass is 498 g/mol. The van der Waals surface area contributed by atoms with Crippen LogP contribution in [0.2, 0.25) is 0 Å². The van der Waals surface area contributed by atoms with Gasteiger partial charge in [-0.1, -0.05) is 35.5 Å². The lowest BCUT2D eigenvalue weighted by Crippen LogP contribution is -2.30. The maximum absolute atomic E-state index is 13.2. The molecule has 5 aromatic rings. The normalized spacial score (nSPS) is 11.4. The fraction of sp³-hybridized carbons (Fsp3) is 0.207. The Balaban J connectivity index is 1.86. The first kappa shape index (κ1) is 24.2. The van der Waals surface area contributed by atoms with Gasteiger partial charge in [0.25, 0.3) is 0 Å². The van der Waals surface area contributed by atoms with Crippen LogP contribution >= 0.6 is 0 Å². The second-order valence-electron chi connectivity index (χ2n) is 9.11. The molecule has 2 aromatic heterocycles. The summed E-state index contributed by atoms with van der Waals surface area (Å²) < 4.78 is 20.8. The Hall–Kier alpha value is -4.46. The van der Waals surface area contributed by atoms with Gasteiger partial charge in [-0.3, -0.25) is 9.59 Å². The van der Waals surface area contributed by atoms with Crippen LogP contribution in [0.25, 0.3) is 32.9 Å². The Labute approximate surface area is 213 Å². The first-order chi connectivity index (χ1) is 17.8. The second kappa shape index (κ2) is 9.54. The van der Waals surface area contributed by atoms with Gasteiger partial charge in [0.2, 0.25) is 11.8 Å². The third-order valence-electron chi connectivity index (χ3n) is 6.72. The van der Waals surface area contributed by atoms with Gasteiger partial charge in [-0.2, -0.15) is 0 Å². The van der Waals surface area contributed by atoms with E-state index in [1.54, 1.807) is 12.1 Å². The molecule has 3 aromatic carbocycles. The van der Waals surface area contributed by atoms with Crippen molar-refractivity contribution < 1.29 is 18.5 Å². The molecule has 188 valence electrons. The van der Waals surface area contributed by atoms with Crippen molar-refractivity contribution >= 4 is 39.3 Å². The van der Waals surface area contributed by atoms with Gasteiger partial charge in [-0.05, 0) is 55.3 Å². The number of hydrogen-bond donors (Lipinski definition) is 1. The van der Waals surface area contributed by atoms with Crippen molar-refractivity contribution in [3.8, 4) is 11.1 Å². The summed E-state index contributed by atoms with van der Waals surface area (Å²) in [6.07, 6.45) is 0. The first-order valence-electron chi connectivity index (χ1n) is 12.0. The number of hydrogen-bond acceptors (Lipinski definition) is 4. The van der Waals surface area contributed by atoms with Crippen LogP contribution in [0.3, 0.4) is 0 Å². The Morgan fingerprint density at radius 1 is 1.05 bits per heavy atom. The SMILES string of the molecule is CC(=O)N(CCF)c1ccc2c(c1)c1c(C(N)=O)cc(-c3c(C)noc3C)cc1n2Cc1ccccc1. The van der Waals surface area contributed by atoms with E-state index in [-0.39, 0.29) is 12.5 Å². The molecule has 8 heteroatoms. The summed E-state index contributed by atoms with van der Waals surface area (Å²) in [5, 5.41) is 5.52. The number of aromatic nitrogens is 2. The van der Waals surface area contributed by atoms with E-state index in [1.807, 2.05) is 62.4 Å². The molecule has 0 atom stereocenters. The molecule has 0 saturated heterocycles. The average Bonchev–Trinajstić information content (AvgIpc) is 3.38. The van der Waals surface area contributed by atoms with Gasteiger partial charge in [-0.15, -0.1) is 0 Å². The lowest BCUT2D eigenvalue weighted by Gasteiger charge is -2.20. The van der Waals surface area contributed by atoms with Crippen LogP contribution in [0.4, 0.5) is 10.1 Å². The molecule has 0 radical (unpaired) electrons. The Bertz CT molecular complexity index is 1630. The maximum Gasteiger partial charge on any atom is 0.249 e. The van der Waals surface area contributed by atoms with Crippen LogP contribution < -0.4 is 10.6 Å². The minimum atomic E-state index is -0.666. The molecule has 5 rings (SSSR count). The smallest absolute Gasteiger partial charge is 0.249 e. The van der Waals surface area contributed by atoms with E-state index in [4.69, 9.17) is 10.3 Å². The standard InChI is InChI=1S/C29H27FN4O3/c1-17-27(18(2)37-32-17)21-13-24(29(31)36)28-23-15-22(33(12-11-30)19(3)35)9-10-25(23)34(26(28)14-21)16-20-7-5-4-6-8-20/h4-10,13-15H,11-12,16H2,1-3H3,(H2,31,36). The number of benzene rings is 3. The van der Waals surface area contributed by atoms with Gasteiger partial charge < -0.3 is 19.7 Å². The number of primary amides is 1. The topological polar surface area (TPSA) is 94.4 Å². The van der Waals surface area contributed by atoms with Gasteiger partial charge in [0.15, 0.2) is 0 Å². The first-order valence-corrected chi connectivity index (χ1v) is 12.0. The van der Waals surface area contributed by atoms with Crippen molar-refractivity contribution in [1.29, 1.82) is 0 Å². The van der Waals surface area contributed by atoms with Crippen molar-refractivity contribution in [1.82, 2.24) is 9.72 Å². The molecule has 0 spiro atoms. The molecule has 0 bridgehead atoms. The zero-order valence-corrected chi connectivity index (χ0v) is 20.9. The second-order valence-corrected chi connectivity index (χ2v) is 9.11. The highest BCUT2D eigenvalue weighted by Gasteiger charge is 2.22. The molecule has 37 heavy (non-hydrogen) atoms. The number of alkyl halides is 1. The number of anilines is 1. The fourth-order valence-electron chi connectivity index (χ4n) is 5.10. The van der Waals surface area contributed by atoms with Crippen LogP contribution in [-0.2, 0) is 11.3 Å². The summed E-state index contributed by atoms with van der Waals surface area (Å²) in [6.45, 7) is 4.92. The summed E-state index contributed by atoms with van der Waals surface area (Å²) in [4.78, 5) is 26.5. The minimum absolute atomic E-state index is 0.0532. The summed E-state index contributed by atoms with van der Waals surface area (Å²) in [7, 11) is 0. The van der Waals surface area contributed by atoms with Crippen molar-refractivity contribution in [2.24, 2.45) is 5.73 Å². The van der Waals surface area contributed by atoms with Gasteiger partial charge >= 0.3 is 0 Å². The number of halogens is 1. The van der Waals surface area contributed by atoms with Crippen LogP contribution in [0, 0.1) is 13.8 Å². The van der Waals surface area contributed by atoms with Crippen LogP contribution in [0.1, 0.15) is 34.3 Å². The molecule has 2 amide bonds. The quantitative estimate of drug-likeness (QED) is 0.319. The van der Waals surface area contributed by atoms with E-state index >= 15 is 0 Å².